The zero-order chi connectivity index (χ0) is 18.4. The van der Waals surface area contributed by atoms with E-state index in [1.807, 2.05) is 24.3 Å². The highest BCUT2D eigenvalue weighted by Crippen LogP contribution is 2.21. The van der Waals surface area contributed by atoms with Crippen LogP contribution < -0.4 is 15.5 Å². The van der Waals surface area contributed by atoms with Crippen molar-refractivity contribution in [2.24, 2.45) is 0 Å². The first-order valence-electron chi connectivity index (χ1n) is 7.87. The number of carbonyl (C=O) groups excluding carboxylic acids is 1. The van der Waals surface area contributed by atoms with Crippen molar-refractivity contribution in [2.75, 3.05) is 23.3 Å². The third-order valence-electron chi connectivity index (χ3n) is 3.66. The molecule has 0 heterocycles. The molecule has 2 N–H and O–H groups in total. The van der Waals surface area contributed by atoms with Gasteiger partial charge in [0.25, 0.3) is 5.91 Å². The molecular formula is C18H19Cl2N3OS. The summed E-state index contributed by atoms with van der Waals surface area (Å²) in [5, 5.41) is 6.54. The lowest BCUT2D eigenvalue weighted by molar-refractivity contribution is 0.0978. The summed E-state index contributed by atoms with van der Waals surface area (Å²) in [4.78, 5) is 14.5. The lowest BCUT2D eigenvalue weighted by Crippen LogP contribution is -2.34. The number of nitrogens with one attached hydrogen (secondary N) is 2. The molecule has 2 rings (SSSR count). The third kappa shape index (κ3) is 5.33. The first-order valence-corrected chi connectivity index (χ1v) is 9.03. The maximum atomic E-state index is 12.2. The van der Waals surface area contributed by atoms with Crippen LogP contribution in [0.4, 0.5) is 11.4 Å². The highest BCUT2D eigenvalue weighted by atomic mass is 35.5. The van der Waals surface area contributed by atoms with Gasteiger partial charge in [-0.3, -0.25) is 10.1 Å². The maximum Gasteiger partial charge on any atom is 0.258 e. The number of halogens is 2. The van der Waals surface area contributed by atoms with E-state index in [4.69, 9.17) is 35.4 Å². The number of thiocarbonyl (C=S) groups is 1. The average molecular weight is 396 g/mol. The maximum absolute atomic E-state index is 12.2. The summed E-state index contributed by atoms with van der Waals surface area (Å²) >= 11 is 17.1. The first kappa shape index (κ1) is 19.5. The average Bonchev–Trinajstić information content (AvgIpc) is 2.57. The molecule has 0 bridgehead atoms. The van der Waals surface area contributed by atoms with Gasteiger partial charge in [-0.25, -0.2) is 0 Å². The van der Waals surface area contributed by atoms with E-state index in [1.165, 1.54) is 6.07 Å². The molecule has 0 unspecified atom stereocenters. The number of carbonyl (C=O) groups is 1. The Morgan fingerprint density at radius 3 is 2.28 bits per heavy atom. The molecule has 0 saturated heterocycles. The third-order valence-corrected chi connectivity index (χ3v) is 4.41. The van der Waals surface area contributed by atoms with Gasteiger partial charge in [0.1, 0.15) is 0 Å². The fourth-order valence-corrected chi connectivity index (χ4v) is 3.06. The van der Waals surface area contributed by atoms with E-state index in [0.717, 1.165) is 24.5 Å². The van der Waals surface area contributed by atoms with E-state index >= 15 is 0 Å². The van der Waals surface area contributed by atoms with E-state index in [9.17, 15) is 4.79 Å². The van der Waals surface area contributed by atoms with Crippen molar-refractivity contribution >= 4 is 57.8 Å². The standard InChI is InChI=1S/C18H19Cl2N3OS/c1-3-23(4-2)14-8-6-13(7-9-14)21-18(25)22-17(24)15-10-5-12(19)11-16(15)20/h5-11H,3-4H2,1-2H3,(H2,21,22,24,25). The second-order valence-electron chi connectivity index (χ2n) is 5.25. The van der Waals surface area contributed by atoms with Crippen molar-refractivity contribution in [2.45, 2.75) is 13.8 Å². The summed E-state index contributed by atoms with van der Waals surface area (Å²) in [6, 6.07) is 12.5. The van der Waals surface area contributed by atoms with E-state index in [0.29, 0.717) is 10.6 Å². The van der Waals surface area contributed by atoms with Gasteiger partial charge >= 0.3 is 0 Å². The largest absolute Gasteiger partial charge is 0.372 e. The monoisotopic (exact) mass is 395 g/mol. The minimum Gasteiger partial charge on any atom is -0.372 e. The number of hydrogen-bond donors (Lipinski definition) is 2. The minimum absolute atomic E-state index is 0.201. The van der Waals surface area contributed by atoms with Crippen LogP contribution in [0.5, 0.6) is 0 Å². The Morgan fingerprint density at radius 2 is 1.72 bits per heavy atom. The van der Waals surface area contributed by atoms with Crippen LogP contribution in [-0.4, -0.2) is 24.1 Å². The quantitative estimate of drug-likeness (QED) is 0.701. The van der Waals surface area contributed by atoms with E-state index in [-0.39, 0.29) is 16.0 Å². The van der Waals surface area contributed by atoms with Crippen molar-refractivity contribution < 1.29 is 4.79 Å². The Hall–Kier alpha value is -1.82. The van der Waals surface area contributed by atoms with E-state index < -0.39 is 0 Å². The SMILES string of the molecule is CCN(CC)c1ccc(NC(=S)NC(=O)c2ccc(Cl)cc2Cl)cc1. The van der Waals surface area contributed by atoms with Gasteiger partial charge in [-0.05, 0) is 68.5 Å². The number of benzene rings is 2. The van der Waals surface area contributed by atoms with Gasteiger partial charge in [0, 0.05) is 29.5 Å². The molecule has 0 aromatic heterocycles. The van der Waals surface area contributed by atoms with Gasteiger partial charge in [-0.1, -0.05) is 23.2 Å². The molecule has 0 spiro atoms. The Balaban J connectivity index is 1.99. The molecule has 25 heavy (non-hydrogen) atoms. The number of nitrogens with zero attached hydrogens (tertiary/aromatic N) is 1. The molecular weight excluding hydrogens is 377 g/mol. The fourth-order valence-electron chi connectivity index (χ4n) is 2.35. The number of anilines is 2. The second-order valence-corrected chi connectivity index (χ2v) is 6.50. The van der Waals surface area contributed by atoms with Gasteiger partial charge in [-0.2, -0.15) is 0 Å². The Bertz CT molecular complexity index is 761. The zero-order valence-corrected chi connectivity index (χ0v) is 16.3. The highest BCUT2D eigenvalue weighted by Gasteiger charge is 2.12. The Labute approximate surface area is 163 Å². The lowest BCUT2D eigenvalue weighted by Gasteiger charge is -2.21. The molecule has 2 aromatic rings. The molecule has 132 valence electrons. The predicted octanol–water partition coefficient (Wildman–Crippen LogP) is 4.97. The number of rotatable bonds is 5. The van der Waals surface area contributed by atoms with Crippen LogP contribution in [0.2, 0.25) is 10.0 Å². The summed E-state index contributed by atoms with van der Waals surface area (Å²) in [5.74, 6) is -0.390. The lowest BCUT2D eigenvalue weighted by atomic mass is 10.2. The topological polar surface area (TPSA) is 44.4 Å². The fraction of sp³-hybridized carbons (Fsp3) is 0.222. The number of hydrogen-bond acceptors (Lipinski definition) is 3. The molecule has 1 amide bonds. The highest BCUT2D eigenvalue weighted by molar-refractivity contribution is 7.80. The van der Waals surface area contributed by atoms with Crippen molar-refractivity contribution in [1.29, 1.82) is 0 Å². The summed E-state index contributed by atoms with van der Waals surface area (Å²) in [6.45, 7) is 6.11. The predicted molar refractivity (Wildman–Crippen MR) is 110 cm³/mol. The van der Waals surface area contributed by atoms with Crippen molar-refractivity contribution in [3.8, 4) is 0 Å². The van der Waals surface area contributed by atoms with Crippen molar-refractivity contribution in [1.82, 2.24) is 5.32 Å². The van der Waals surface area contributed by atoms with Crippen LogP contribution in [0.3, 0.4) is 0 Å². The molecule has 0 aliphatic rings. The van der Waals surface area contributed by atoms with Gasteiger partial charge in [0.15, 0.2) is 5.11 Å². The zero-order valence-electron chi connectivity index (χ0n) is 14.0. The Kier molecular flexibility index (Phi) is 7.05. The van der Waals surface area contributed by atoms with Crippen molar-refractivity contribution in [3.63, 3.8) is 0 Å². The van der Waals surface area contributed by atoms with Gasteiger partial charge in [0.2, 0.25) is 0 Å². The summed E-state index contributed by atoms with van der Waals surface area (Å²) in [5.41, 5.74) is 2.24. The Morgan fingerprint density at radius 1 is 1.08 bits per heavy atom. The minimum atomic E-state index is -0.390. The van der Waals surface area contributed by atoms with Crippen molar-refractivity contribution in [3.05, 3.63) is 58.1 Å². The second kappa shape index (κ2) is 9.04. The van der Waals surface area contributed by atoms with Crippen LogP contribution in [0.25, 0.3) is 0 Å². The molecule has 0 atom stereocenters. The molecule has 7 heteroatoms. The summed E-state index contributed by atoms with van der Waals surface area (Å²) in [7, 11) is 0. The smallest absolute Gasteiger partial charge is 0.258 e. The van der Waals surface area contributed by atoms with Gasteiger partial charge in [-0.15, -0.1) is 0 Å². The molecule has 0 aliphatic heterocycles. The van der Waals surface area contributed by atoms with Crippen LogP contribution in [0.1, 0.15) is 24.2 Å². The molecule has 4 nitrogen and oxygen atoms in total. The molecule has 0 fully saturated rings. The van der Waals surface area contributed by atoms with E-state index in [2.05, 4.69) is 29.4 Å². The molecule has 0 saturated carbocycles. The molecule has 2 aromatic carbocycles. The van der Waals surface area contributed by atoms with Crippen LogP contribution in [0, 0.1) is 0 Å². The first-order chi connectivity index (χ1) is 11.9. The van der Waals surface area contributed by atoms with Crippen LogP contribution in [0.15, 0.2) is 42.5 Å². The van der Waals surface area contributed by atoms with Gasteiger partial charge < -0.3 is 10.2 Å². The van der Waals surface area contributed by atoms with E-state index in [1.54, 1.807) is 12.1 Å². The molecule has 0 radical (unpaired) electrons. The normalized spacial score (nSPS) is 10.2. The van der Waals surface area contributed by atoms with Crippen LogP contribution >= 0.6 is 35.4 Å². The van der Waals surface area contributed by atoms with Crippen LogP contribution in [-0.2, 0) is 0 Å². The molecule has 0 aliphatic carbocycles. The summed E-state index contributed by atoms with van der Waals surface area (Å²) in [6.07, 6.45) is 0. The van der Waals surface area contributed by atoms with Gasteiger partial charge in [0.05, 0.1) is 10.6 Å². The summed E-state index contributed by atoms with van der Waals surface area (Å²) < 4.78 is 0. The number of amides is 1.